The average Bonchev–Trinajstić information content (AvgIpc) is 2.49. The molecule has 0 aliphatic rings. The number of benzene rings is 1. The third-order valence-corrected chi connectivity index (χ3v) is 2.73. The summed E-state index contributed by atoms with van der Waals surface area (Å²) in [4.78, 5) is 24.7. The number of nitrogens with one attached hydrogen (secondary N) is 1. The van der Waals surface area contributed by atoms with Gasteiger partial charge in [-0.2, -0.15) is 0 Å². The summed E-state index contributed by atoms with van der Waals surface area (Å²) in [5.74, 6) is -0.876. The van der Waals surface area contributed by atoms with Gasteiger partial charge in [0.2, 0.25) is 0 Å². The number of hydrogen-bond acceptors (Lipinski definition) is 5. The van der Waals surface area contributed by atoms with E-state index in [-0.39, 0.29) is 19.1 Å². The molecule has 1 N–H and O–H groups in total. The minimum absolute atomic E-state index is 0.129. The number of hydrogen-bond donors (Lipinski definition) is 1. The van der Waals surface area contributed by atoms with E-state index in [0.717, 1.165) is 11.3 Å². The summed E-state index contributed by atoms with van der Waals surface area (Å²) in [7, 11) is 3.93. The molecule has 0 aromatic heterocycles. The molecule has 1 amide bonds. The topological polar surface area (TPSA) is 67.9 Å². The van der Waals surface area contributed by atoms with Crippen LogP contribution >= 0.6 is 0 Å². The molecule has 6 nitrogen and oxygen atoms in total. The summed E-state index contributed by atoms with van der Waals surface area (Å²) >= 11 is 0. The number of nitrogens with zero attached hydrogens (tertiary/aromatic N) is 1. The van der Waals surface area contributed by atoms with E-state index in [1.165, 1.54) is 0 Å². The van der Waals surface area contributed by atoms with Crippen LogP contribution in [0.3, 0.4) is 0 Å². The van der Waals surface area contributed by atoms with E-state index >= 15 is 0 Å². The molecular formula is C15H22N2O4. The lowest BCUT2D eigenvalue weighted by Crippen LogP contribution is -2.29. The Morgan fingerprint density at radius 3 is 2.38 bits per heavy atom. The lowest BCUT2D eigenvalue weighted by Gasteiger charge is -2.13. The van der Waals surface area contributed by atoms with Crippen molar-refractivity contribution in [1.82, 2.24) is 5.32 Å². The Labute approximate surface area is 125 Å². The molecule has 1 rings (SSSR count). The average molecular weight is 294 g/mol. The molecule has 0 atom stereocenters. The summed E-state index contributed by atoms with van der Waals surface area (Å²) in [5.41, 5.74) is 2.07. The highest BCUT2D eigenvalue weighted by Crippen LogP contribution is 2.11. The molecule has 1 aromatic rings. The van der Waals surface area contributed by atoms with Crippen LogP contribution in [0.2, 0.25) is 0 Å². The second-order valence-corrected chi connectivity index (χ2v) is 4.64. The van der Waals surface area contributed by atoms with Gasteiger partial charge in [-0.1, -0.05) is 12.1 Å². The van der Waals surface area contributed by atoms with Gasteiger partial charge in [-0.05, 0) is 24.6 Å². The first-order valence-electron chi connectivity index (χ1n) is 6.79. The first-order valence-corrected chi connectivity index (χ1v) is 6.79. The van der Waals surface area contributed by atoms with Crippen LogP contribution in [-0.2, 0) is 25.6 Å². The van der Waals surface area contributed by atoms with E-state index in [1.54, 1.807) is 6.92 Å². The van der Waals surface area contributed by atoms with Crippen molar-refractivity contribution in [3.63, 3.8) is 0 Å². The van der Waals surface area contributed by atoms with Gasteiger partial charge < -0.3 is 19.7 Å². The Morgan fingerprint density at radius 1 is 1.14 bits per heavy atom. The lowest BCUT2D eigenvalue weighted by atomic mass is 10.2. The maximum atomic E-state index is 11.5. The predicted octanol–water partition coefficient (Wildman–Crippen LogP) is 0.949. The minimum Gasteiger partial charge on any atom is -0.454 e. The highest BCUT2D eigenvalue weighted by atomic mass is 16.6. The van der Waals surface area contributed by atoms with Crippen LogP contribution in [-0.4, -0.2) is 45.8 Å². The number of carbonyl (C=O) groups is 2. The molecule has 0 fully saturated rings. The van der Waals surface area contributed by atoms with E-state index in [2.05, 4.69) is 5.32 Å². The molecule has 0 saturated carbocycles. The van der Waals surface area contributed by atoms with Gasteiger partial charge >= 0.3 is 5.97 Å². The Kier molecular flexibility index (Phi) is 7.25. The molecule has 0 spiro atoms. The van der Waals surface area contributed by atoms with Gasteiger partial charge in [0.05, 0.1) is 0 Å². The van der Waals surface area contributed by atoms with Crippen LogP contribution in [0.5, 0.6) is 0 Å². The first kappa shape index (κ1) is 17.0. The molecule has 0 heterocycles. The van der Waals surface area contributed by atoms with E-state index in [9.17, 15) is 9.59 Å². The van der Waals surface area contributed by atoms with Crippen LogP contribution in [0, 0.1) is 0 Å². The Morgan fingerprint density at radius 2 is 1.81 bits per heavy atom. The first-order chi connectivity index (χ1) is 10.0. The van der Waals surface area contributed by atoms with Crippen molar-refractivity contribution in [1.29, 1.82) is 0 Å². The molecule has 0 aliphatic carbocycles. The summed E-state index contributed by atoms with van der Waals surface area (Å²) in [5, 5.41) is 2.69. The molecule has 0 aliphatic heterocycles. The van der Waals surface area contributed by atoms with Crippen LogP contribution in [0.25, 0.3) is 0 Å². The van der Waals surface area contributed by atoms with E-state index < -0.39 is 5.97 Å². The van der Waals surface area contributed by atoms with Gasteiger partial charge in [0.25, 0.3) is 5.91 Å². The Hall–Kier alpha value is -2.08. The van der Waals surface area contributed by atoms with Gasteiger partial charge in [-0.15, -0.1) is 0 Å². The molecule has 21 heavy (non-hydrogen) atoms. The fraction of sp³-hybridized carbons (Fsp3) is 0.467. The number of anilines is 1. The smallest absolute Gasteiger partial charge is 0.332 e. The zero-order chi connectivity index (χ0) is 15.7. The van der Waals surface area contributed by atoms with E-state index in [4.69, 9.17) is 9.47 Å². The van der Waals surface area contributed by atoms with Crippen LogP contribution in [0.15, 0.2) is 24.3 Å². The van der Waals surface area contributed by atoms with Crippen LogP contribution in [0.4, 0.5) is 5.69 Å². The van der Waals surface area contributed by atoms with Gasteiger partial charge in [0.15, 0.2) is 6.61 Å². The number of rotatable bonds is 8. The second kappa shape index (κ2) is 8.97. The lowest BCUT2D eigenvalue weighted by molar-refractivity contribution is -0.152. The number of esters is 1. The maximum absolute atomic E-state index is 11.5. The minimum atomic E-state index is -0.540. The summed E-state index contributed by atoms with van der Waals surface area (Å²) in [6.07, 6.45) is 0. The fourth-order valence-electron chi connectivity index (χ4n) is 1.54. The summed E-state index contributed by atoms with van der Waals surface area (Å²) in [6, 6.07) is 7.83. The molecule has 0 radical (unpaired) electrons. The molecule has 0 unspecified atom stereocenters. The zero-order valence-electron chi connectivity index (χ0n) is 12.7. The second-order valence-electron chi connectivity index (χ2n) is 4.64. The van der Waals surface area contributed by atoms with Gasteiger partial charge in [0.1, 0.15) is 6.61 Å². The largest absolute Gasteiger partial charge is 0.454 e. The van der Waals surface area contributed by atoms with Crippen molar-refractivity contribution in [3.8, 4) is 0 Å². The highest BCUT2D eigenvalue weighted by molar-refractivity contribution is 5.80. The van der Waals surface area contributed by atoms with Gasteiger partial charge in [-0.25, -0.2) is 4.79 Å². The molecule has 0 bridgehead atoms. The van der Waals surface area contributed by atoms with Crippen LogP contribution < -0.4 is 10.2 Å². The number of ether oxygens (including phenoxy) is 2. The predicted molar refractivity (Wildman–Crippen MR) is 80.1 cm³/mol. The Balaban J connectivity index is 2.28. The molecule has 116 valence electrons. The highest BCUT2D eigenvalue weighted by Gasteiger charge is 2.07. The van der Waals surface area contributed by atoms with Gasteiger partial charge in [-0.3, -0.25) is 4.79 Å². The van der Waals surface area contributed by atoms with Gasteiger partial charge in [0, 0.05) is 32.9 Å². The third kappa shape index (κ3) is 6.76. The van der Waals surface area contributed by atoms with Crippen molar-refractivity contribution >= 4 is 17.6 Å². The molecular weight excluding hydrogens is 272 g/mol. The molecule has 0 saturated heterocycles. The fourth-order valence-corrected chi connectivity index (χ4v) is 1.54. The summed E-state index contributed by atoms with van der Waals surface area (Å²) < 4.78 is 9.64. The normalized spacial score (nSPS) is 10.0. The number of amides is 1. The molecule has 1 aromatic carbocycles. The standard InChI is InChI=1S/C15H22N2O4/c1-4-20-11-15(19)21-10-14(18)16-9-12-5-7-13(8-6-12)17(2)3/h5-8H,4,9-11H2,1-3H3,(H,16,18). The van der Waals surface area contributed by atoms with Crippen molar-refractivity contribution in [2.24, 2.45) is 0 Å². The quantitative estimate of drug-likeness (QED) is 0.723. The van der Waals surface area contributed by atoms with Crippen molar-refractivity contribution in [2.45, 2.75) is 13.5 Å². The monoisotopic (exact) mass is 294 g/mol. The van der Waals surface area contributed by atoms with Crippen LogP contribution in [0.1, 0.15) is 12.5 Å². The zero-order valence-corrected chi connectivity index (χ0v) is 12.7. The summed E-state index contributed by atoms with van der Waals surface area (Å²) in [6.45, 7) is 2.19. The maximum Gasteiger partial charge on any atom is 0.332 e. The van der Waals surface area contributed by atoms with E-state index in [1.807, 2.05) is 43.3 Å². The SMILES string of the molecule is CCOCC(=O)OCC(=O)NCc1ccc(N(C)C)cc1. The number of carbonyl (C=O) groups excluding carboxylic acids is 2. The van der Waals surface area contributed by atoms with Crippen molar-refractivity contribution < 1.29 is 19.1 Å². The van der Waals surface area contributed by atoms with Crippen molar-refractivity contribution in [3.05, 3.63) is 29.8 Å². The molecule has 6 heteroatoms. The van der Waals surface area contributed by atoms with E-state index in [0.29, 0.717) is 13.2 Å². The Bertz CT molecular complexity index is 457. The van der Waals surface area contributed by atoms with Crippen molar-refractivity contribution in [2.75, 3.05) is 38.8 Å². The third-order valence-electron chi connectivity index (χ3n) is 2.73.